The van der Waals surface area contributed by atoms with Crippen molar-refractivity contribution in [2.24, 2.45) is 5.92 Å². The van der Waals surface area contributed by atoms with Crippen LogP contribution in [0.15, 0.2) is 47.4 Å². The summed E-state index contributed by atoms with van der Waals surface area (Å²) in [5.74, 6) is -0.343. The Bertz CT molecular complexity index is 1120. The van der Waals surface area contributed by atoms with Crippen LogP contribution in [-0.2, 0) is 19.6 Å². The number of nitrogens with zero attached hydrogens (tertiary/aromatic N) is 2. The Labute approximate surface area is 188 Å². The first-order valence-corrected chi connectivity index (χ1v) is 12.1. The number of hydrogen-bond donors (Lipinski definition) is 1. The Morgan fingerprint density at radius 2 is 1.78 bits per heavy atom. The van der Waals surface area contributed by atoms with Crippen molar-refractivity contribution in [1.29, 1.82) is 0 Å². The highest BCUT2D eigenvalue weighted by atomic mass is 32.2. The average Bonchev–Trinajstić information content (AvgIpc) is 3.44. The van der Waals surface area contributed by atoms with E-state index in [9.17, 15) is 18.0 Å². The van der Waals surface area contributed by atoms with Gasteiger partial charge in [0.25, 0.3) is 0 Å². The lowest BCUT2D eigenvalue weighted by atomic mass is 10.1. The maximum absolute atomic E-state index is 12.8. The Morgan fingerprint density at radius 1 is 1.09 bits per heavy atom. The van der Waals surface area contributed by atoms with Crippen LogP contribution in [0.25, 0.3) is 0 Å². The Morgan fingerprint density at radius 3 is 2.44 bits per heavy atom. The molecule has 2 fully saturated rings. The van der Waals surface area contributed by atoms with Crippen molar-refractivity contribution >= 4 is 33.2 Å². The van der Waals surface area contributed by atoms with Crippen molar-refractivity contribution in [1.82, 2.24) is 4.31 Å². The number of nitrogens with one attached hydrogen (secondary N) is 1. The lowest BCUT2D eigenvalue weighted by Gasteiger charge is -2.20. The number of aryl methyl sites for hydroxylation is 1. The van der Waals surface area contributed by atoms with Crippen LogP contribution in [0.5, 0.6) is 5.75 Å². The van der Waals surface area contributed by atoms with Gasteiger partial charge < -0.3 is 15.0 Å². The molecule has 1 N–H and O–H groups in total. The summed E-state index contributed by atoms with van der Waals surface area (Å²) < 4.78 is 32.2. The molecule has 0 saturated carbocycles. The molecule has 0 aromatic heterocycles. The standard InChI is InChI=1S/C23H27N3O5S/c1-16-5-10-21(31-2)20(13-16)26-15-17(14-22(26)27)23(28)24-18-6-8-19(9-7-18)32(29,30)25-11-3-4-12-25/h5-10,13,17H,3-4,11-12,14-15H2,1-2H3,(H,24,28). The number of amides is 2. The Balaban J connectivity index is 1.43. The summed E-state index contributed by atoms with van der Waals surface area (Å²) in [7, 11) is -1.95. The van der Waals surface area contributed by atoms with Gasteiger partial charge in [-0.25, -0.2) is 8.42 Å². The Kier molecular flexibility index (Phi) is 6.21. The molecule has 1 atom stereocenters. The minimum Gasteiger partial charge on any atom is -0.495 e. The minimum absolute atomic E-state index is 0.102. The van der Waals surface area contributed by atoms with Crippen molar-refractivity contribution in [3.63, 3.8) is 0 Å². The molecule has 32 heavy (non-hydrogen) atoms. The van der Waals surface area contributed by atoms with Crippen molar-refractivity contribution in [2.45, 2.75) is 31.1 Å². The average molecular weight is 458 g/mol. The maximum atomic E-state index is 12.8. The third-order valence-corrected chi connectivity index (χ3v) is 7.86. The number of methoxy groups -OCH3 is 1. The normalized spacial score (nSPS) is 19.4. The van der Waals surface area contributed by atoms with Gasteiger partial charge in [-0.3, -0.25) is 9.59 Å². The van der Waals surface area contributed by atoms with Gasteiger partial charge in [0.2, 0.25) is 21.8 Å². The van der Waals surface area contributed by atoms with E-state index in [1.807, 2.05) is 25.1 Å². The van der Waals surface area contributed by atoms with Crippen LogP contribution in [0.4, 0.5) is 11.4 Å². The second-order valence-corrected chi connectivity index (χ2v) is 10.1. The molecule has 2 aliphatic rings. The topological polar surface area (TPSA) is 96.0 Å². The monoisotopic (exact) mass is 457 g/mol. The van der Waals surface area contributed by atoms with E-state index >= 15 is 0 Å². The molecule has 9 heteroatoms. The molecule has 0 spiro atoms. The molecule has 2 amide bonds. The van der Waals surface area contributed by atoms with Crippen LogP contribution in [0, 0.1) is 12.8 Å². The quantitative estimate of drug-likeness (QED) is 0.720. The van der Waals surface area contributed by atoms with Gasteiger partial charge in [-0.15, -0.1) is 0 Å². The van der Waals surface area contributed by atoms with Gasteiger partial charge in [-0.2, -0.15) is 4.31 Å². The molecular weight excluding hydrogens is 430 g/mol. The lowest BCUT2D eigenvalue weighted by molar-refractivity contribution is -0.122. The third-order valence-electron chi connectivity index (χ3n) is 5.95. The van der Waals surface area contributed by atoms with Crippen LogP contribution >= 0.6 is 0 Å². The van der Waals surface area contributed by atoms with Crippen molar-refractivity contribution in [3.05, 3.63) is 48.0 Å². The number of rotatable bonds is 6. The lowest BCUT2D eigenvalue weighted by Crippen LogP contribution is -2.28. The number of carbonyl (C=O) groups is 2. The van der Waals surface area contributed by atoms with Gasteiger partial charge in [-0.1, -0.05) is 6.07 Å². The summed E-state index contributed by atoms with van der Waals surface area (Å²) >= 11 is 0. The van der Waals surface area contributed by atoms with Gasteiger partial charge in [0, 0.05) is 31.7 Å². The van der Waals surface area contributed by atoms with Crippen LogP contribution in [-0.4, -0.2) is 51.3 Å². The fourth-order valence-electron chi connectivity index (χ4n) is 4.16. The van der Waals surface area contributed by atoms with E-state index in [2.05, 4.69) is 5.32 Å². The van der Waals surface area contributed by atoms with E-state index in [1.54, 1.807) is 24.1 Å². The zero-order valence-corrected chi connectivity index (χ0v) is 19.0. The first-order valence-electron chi connectivity index (χ1n) is 10.7. The molecule has 0 radical (unpaired) electrons. The molecule has 1 unspecified atom stereocenters. The van der Waals surface area contributed by atoms with Gasteiger partial charge in [-0.05, 0) is 61.7 Å². The minimum atomic E-state index is -3.50. The smallest absolute Gasteiger partial charge is 0.243 e. The molecular formula is C23H27N3O5S. The predicted molar refractivity (Wildman–Crippen MR) is 121 cm³/mol. The molecule has 2 aliphatic heterocycles. The third kappa shape index (κ3) is 4.35. The highest BCUT2D eigenvalue weighted by molar-refractivity contribution is 7.89. The zero-order chi connectivity index (χ0) is 22.9. The first-order chi connectivity index (χ1) is 15.3. The summed E-state index contributed by atoms with van der Waals surface area (Å²) in [5, 5.41) is 2.81. The highest BCUT2D eigenvalue weighted by Gasteiger charge is 2.36. The summed E-state index contributed by atoms with van der Waals surface area (Å²) in [5.41, 5.74) is 2.14. The molecule has 8 nitrogen and oxygen atoms in total. The molecule has 170 valence electrons. The first kappa shape index (κ1) is 22.3. The number of carbonyl (C=O) groups excluding carboxylic acids is 2. The van der Waals surface area contributed by atoms with E-state index in [0.29, 0.717) is 30.2 Å². The number of anilines is 2. The number of sulfonamides is 1. The van der Waals surface area contributed by atoms with Gasteiger partial charge in [0.1, 0.15) is 5.75 Å². The molecule has 4 rings (SSSR count). The van der Waals surface area contributed by atoms with Gasteiger partial charge in [0.15, 0.2) is 0 Å². The van der Waals surface area contributed by atoms with Crippen molar-refractivity contribution < 1.29 is 22.7 Å². The second-order valence-electron chi connectivity index (χ2n) is 8.21. The molecule has 2 aromatic rings. The van der Waals surface area contributed by atoms with E-state index in [4.69, 9.17) is 4.74 Å². The SMILES string of the molecule is COc1ccc(C)cc1N1CC(C(=O)Nc2ccc(S(=O)(=O)N3CCCC3)cc2)CC1=O. The van der Waals surface area contributed by atoms with E-state index in [-0.39, 0.29) is 29.7 Å². The summed E-state index contributed by atoms with van der Waals surface area (Å²) in [6.45, 7) is 3.27. The van der Waals surface area contributed by atoms with Gasteiger partial charge >= 0.3 is 0 Å². The van der Waals surface area contributed by atoms with Crippen LogP contribution in [0.3, 0.4) is 0 Å². The largest absolute Gasteiger partial charge is 0.495 e. The van der Waals surface area contributed by atoms with Crippen LogP contribution in [0.2, 0.25) is 0 Å². The molecule has 2 heterocycles. The maximum Gasteiger partial charge on any atom is 0.243 e. The number of benzene rings is 2. The van der Waals surface area contributed by atoms with E-state index in [0.717, 1.165) is 18.4 Å². The summed E-state index contributed by atoms with van der Waals surface area (Å²) in [6.07, 6.45) is 1.85. The van der Waals surface area contributed by atoms with E-state index in [1.165, 1.54) is 16.4 Å². The van der Waals surface area contributed by atoms with Crippen molar-refractivity contribution in [2.75, 3.05) is 37.0 Å². The van der Waals surface area contributed by atoms with Crippen LogP contribution in [0.1, 0.15) is 24.8 Å². The predicted octanol–water partition coefficient (Wildman–Crippen LogP) is 2.78. The van der Waals surface area contributed by atoms with Crippen molar-refractivity contribution in [3.8, 4) is 5.75 Å². The van der Waals surface area contributed by atoms with Crippen LogP contribution < -0.4 is 15.0 Å². The Hall–Kier alpha value is -2.91. The molecule has 0 aliphatic carbocycles. The molecule has 2 saturated heterocycles. The molecule has 0 bridgehead atoms. The zero-order valence-electron chi connectivity index (χ0n) is 18.2. The summed E-state index contributed by atoms with van der Waals surface area (Å²) in [6, 6.07) is 11.8. The van der Waals surface area contributed by atoms with E-state index < -0.39 is 15.9 Å². The fraction of sp³-hybridized carbons (Fsp3) is 0.391. The number of hydrogen-bond acceptors (Lipinski definition) is 5. The van der Waals surface area contributed by atoms with Gasteiger partial charge in [0.05, 0.1) is 23.6 Å². The highest BCUT2D eigenvalue weighted by Crippen LogP contribution is 2.34. The number of ether oxygens (including phenoxy) is 1. The fourth-order valence-corrected chi connectivity index (χ4v) is 5.68. The summed E-state index contributed by atoms with van der Waals surface area (Å²) in [4.78, 5) is 27.2. The molecule has 2 aromatic carbocycles. The second kappa shape index (κ2) is 8.91.